The Hall–Kier alpha value is -2.18. The second-order valence-corrected chi connectivity index (χ2v) is 6.59. The third kappa shape index (κ3) is 7.80. The van der Waals surface area contributed by atoms with Crippen LogP contribution in [-0.4, -0.2) is 70.8 Å². The van der Waals surface area contributed by atoms with E-state index < -0.39 is 0 Å². The fraction of sp³-hybridized carbons (Fsp3) is 0.500. The van der Waals surface area contributed by atoms with Crippen LogP contribution in [0.5, 0.6) is 0 Å². The Labute approximate surface area is 155 Å². The fourth-order valence-corrected chi connectivity index (χ4v) is 3.32. The molecule has 0 atom stereocenters. The monoisotopic (exact) mass is 358 g/mol. The first-order valence-corrected chi connectivity index (χ1v) is 9.36. The first-order chi connectivity index (χ1) is 12.8. The Balaban J connectivity index is 0.000000758. The topological polar surface area (TPSA) is 72.5 Å². The molecule has 26 heavy (non-hydrogen) atoms. The smallest absolute Gasteiger partial charge is 0.290 e. The summed E-state index contributed by atoms with van der Waals surface area (Å²) in [5, 5.41) is 13.8. The third-order valence-electron chi connectivity index (χ3n) is 4.74. The highest BCUT2D eigenvalue weighted by atomic mass is 16.3. The molecule has 1 aromatic carbocycles. The van der Waals surface area contributed by atoms with Crippen LogP contribution in [0.25, 0.3) is 0 Å². The molecule has 0 saturated carbocycles. The highest BCUT2D eigenvalue weighted by molar-refractivity contribution is 5.32. The lowest BCUT2D eigenvalue weighted by atomic mass is 10.1. The van der Waals surface area contributed by atoms with Gasteiger partial charge < -0.3 is 14.9 Å². The summed E-state index contributed by atoms with van der Waals surface area (Å²) in [6.45, 7) is 7.01. The molecule has 0 spiro atoms. The second-order valence-electron chi connectivity index (χ2n) is 6.59. The second kappa shape index (κ2) is 12.2. The van der Waals surface area contributed by atoms with Gasteiger partial charge in [-0.1, -0.05) is 30.3 Å². The molecule has 1 saturated heterocycles. The van der Waals surface area contributed by atoms with Gasteiger partial charge in [0.25, 0.3) is 6.47 Å². The molecular formula is C20H30N4O2. The summed E-state index contributed by atoms with van der Waals surface area (Å²) >= 11 is 0. The fourth-order valence-electron chi connectivity index (χ4n) is 3.32. The molecule has 6 heteroatoms. The van der Waals surface area contributed by atoms with Gasteiger partial charge in [-0.2, -0.15) is 5.10 Å². The average molecular weight is 358 g/mol. The van der Waals surface area contributed by atoms with Crippen molar-refractivity contribution in [2.45, 2.75) is 25.7 Å². The predicted molar refractivity (Wildman–Crippen MR) is 103 cm³/mol. The van der Waals surface area contributed by atoms with E-state index in [9.17, 15) is 0 Å². The lowest BCUT2D eigenvalue weighted by Crippen LogP contribution is -2.32. The normalized spacial score (nSPS) is 15.7. The molecule has 1 fully saturated rings. The summed E-state index contributed by atoms with van der Waals surface area (Å²) in [5.41, 5.74) is 2.78. The van der Waals surface area contributed by atoms with E-state index in [0.29, 0.717) is 0 Å². The van der Waals surface area contributed by atoms with Gasteiger partial charge in [0.15, 0.2) is 0 Å². The van der Waals surface area contributed by atoms with Crippen molar-refractivity contribution in [3.63, 3.8) is 0 Å². The number of rotatable bonds is 7. The van der Waals surface area contributed by atoms with Crippen molar-refractivity contribution in [1.29, 1.82) is 0 Å². The van der Waals surface area contributed by atoms with Crippen molar-refractivity contribution < 1.29 is 9.90 Å². The first kappa shape index (κ1) is 20.1. The van der Waals surface area contributed by atoms with Gasteiger partial charge in [0.05, 0.1) is 6.20 Å². The maximum atomic E-state index is 8.36. The third-order valence-corrected chi connectivity index (χ3v) is 4.74. The molecule has 1 aromatic heterocycles. The van der Waals surface area contributed by atoms with E-state index in [1.54, 1.807) is 0 Å². The number of aromatic amines is 1. The van der Waals surface area contributed by atoms with Crippen LogP contribution in [0.1, 0.15) is 24.0 Å². The molecule has 142 valence electrons. The molecule has 1 aliphatic heterocycles. The summed E-state index contributed by atoms with van der Waals surface area (Å²) in [4.78, 5) is 13.6. The van der Waals surface area contributed by atoms with E-state index >= 15 is 0 Å². The number of carboxylic acid groups (broad SMARTS) is 1. The number of benzene rings is 1. The molecule has 0 amide bonds. The van der Waals surface area contributed by atoms with Crippen LogP contribution in [0.4, 0.5) is 0 Å². The lowest BCUT2D eigenvalue weighted by Gasteiger charge is -2.21. The van der Waals surface area contributed by atoms with Crippen molar-refractivity contribution in [2.24, 2.45) is 0 Å². The number of nitrogens with one attached hydrogen (secondary N) is 1. The van der Waals surface area contributed by atoms with Gasteiger partial charge in [0, 0.05) is 25.8 Å². The average Bonchev–Trinajstić information content (AvgIpc) is 3.08. The van der Waals surface area contributed by atoms with Crippen LogP contribution in [0.3, 0.4) is 0 Å². The number of nitrogens with zero attached hydrogens (tertiary/aromatic N) is 3. The Kier molecular flexibility index (Phi) is 9.46. The summed E-state index contributed by atoms with van der Waals surface area (Å²) < 4.78 is 0. The first-order valence-electron chi connectivity index (χ1n) is 9.36. The minimum atomic E-state index is -0.250. The minimum Gasteiger partial charge on any atom is -0.483 e. The van der Waals surface area contributed by atoms with Gasteiger partial charge in [-0.15, -0.1) is 0 Å². The Bertz CT molecular complexity index is 589. The Morgan fingerprint density at radius 3 is 2.35 bits per heavy atom. The highest BCUT2D eigenvalue weighted by Crippen LogP contribution is 2.08. The van der Waals surface area contributed by atoms with E-state index in [-0.39, 0.29) is 6.47 Å². The number of hydrogen-bond donors (Lipinski definition) is 2. The van der Waals surface area contributed by atoms with Gasteiger partial charge >= 0.3 is 0 Å². The van der Waals surface area contributed by atoms with Gasteiger partial charge in [0.1, 0.15) is 0 Å². The largest absolute Gasteiger partial charge is 0.483 e. The van der Waals surface area contributed by atoms with Crippen LogP contribution in [0.2, 0.25) is 0 Å². The molecular weight excluding hydrogens is 328 g/mol. The van der Waals surface area contributed by atoms with Gasteiger partial charge in [-0.05, 0) is 56.4 Å². The summed E-state index contributed by atoms with van der Waals surface area (Å²) in [5.74, 6) is 0. The van der Waals surface area contributed by atoms with Crippen LogP contribution < -0.4 is 0 Å². The summed E-state index contributed by atoms with van der Waals surface area (Å²) in [6.07, 6.45) is 8.79. The number of carbonyl (C=O) groups is 1. The Morgan fingerprint density at radius 1 is 1.00 bits per heavy atom. The van der Waals surface area contributed by atoms with Gasteiger partial charge in [-0.3, -0.25) is 9.89 Å². The predicted octanol–water partition coefficient (Wildman–Crippen LogP) is 2.29. The minimum absolute atomic E-state index is 0.250. The van der Waals surface area contributed by atoms with Crippen LogP contribution in [0, 0.1) is 0 Å². The summed E-state index contributed by atoms with van der Waals surface area (Å²) in [7, 11) is 0. The maximum absolute atomic E-state index is 8.36. The number of hydrogen-bond acceptors (Lipinski definition) is 4. The molecule has 0 aliphatic carbocycles. The molecule has 2 N–H and O–H groups in total. The molecule has 0 radical (unpaired) electrons. The molecule has 0 bridgehead atoms. The molecule has 1 aliphatic rings. The Morgan fingerprint density at radius 2 is 1.69 bits per heavy atom. The van der Waals surface area contributed by atoms with Crippen LogP contribution in [0.15, 0.2) is 42.7 Å². The van der Waals surface area contributed by atoms with Crippen molar-refractivity contribution in [2.75, 3.05) is 39.3 Å². The van der Waals surface area contributed by atoms with Crippen molar-refractivity contribution in [1.82, 2.24) is 20.0 Å². The number of aryl methyl sites for hydroxylation is 1. The van der Waals surface area contributed by atoms with Crippen molar-refractivity contribution in [3.05, 3.63) is 53.9 Å². The van der Waals surface area contributed by atoms with Crippen LogP contribution in [-0.2, 0) is 17.6 Å². The van der Waals surface area contributed by atoms with Crippen molar-refractivity contribution in [3.8, 4) is 0 Å². The van der Waals surface area contributed by atoms with Crippen molar-refractivity contribution >= 4 is 6.47 Å². The molecule has 2 aromatic rings. The quantitative estimate of drug-likeness (QED) is 0.743. The lowest BCUT2D eigenvalue weighted by molar-refractivity contribution is -0.122. The zero-order valence-corrected chi connectivity index (χ0v) is 15.4. The van der Waals surface area contributed by atoms with Gasteiger partial charge in [-0.25, -0.2) is 0 Å². The van der Waals surface area contributed by atoms with E-state index in [1.165, 1.54) is 63.1 Å². The summed E-state index contributed by atoms with van der Waals surface area (Å²) in [6, 6.07) is 10.8. The van der Waals surface area contributed by atoms with E-state index in [0.717, 1.165) is 13.0 Å². The zero-order valence-electron chi connectivity index (χ0n) is 15.4. The molecule has 6 nitrogen and oxygen atoms in total. The van der Waals surface area contributed by atoms with Gasteiger partial charge in [0.2, 0.25) is 0 Å². The number of aromatic nitrogens is 2. The highest BCUT2D eigenvalue weighted by Gasteiger charge is 2.14. The molecule has 2 heterocycles. The van der Waals surface area contributed by atoms with E-state index in [2.05, 4.69) is 50.3 Å². The van der Waals surface area contributed by atoms with E-state index in [4.69, 9.17) is 9.90 Å². The molecule has 3 rings (SSSR count). The molecule has 0 unspecified atom stereocenters. The zero-order chi connectivity index (χ0) is 18.5. The van der Waals surface area contributed by atoms with E-state index in [1.807, 2.05) is 12.4 Å². The SMILES string of the molecule is O=CO.c1ccc(CCCN2CCCN(CCc3cn[nH]c3)CC2)cc1. The standard InChI is InChI=1S/C19H28N4.CH2O2/c1-2-6-18(7-3-1)8-4-10-22-11-5-12-23(15-14-22)13-9-19-16-20-21-17-19;2-1-3/h1-3,6-7,16-17H,4-5,8-15H2,(H,20,21);1H,(H,2,3). The maximum Gasteiger partial charge on any atom is 0.290 e. The van der Waals surface area contributed by atoms with Crippen LogP contribution >= 0.6 is 0 Å². The number of H-pyrrole nitrogens is 1.